The number of unbranched alkanes of at least 4 members (excludes halogenated alkanes) is 1. The Morgan fingerprint density at radius 1 is 0.277 bits per heavy atom. The maximum atomic E-state index is 10.8. The highest BCUT2D eigenvalue weighted by atomic mass is 16.4. The van der Waals surface area contributed by atoms with Crippen LogP contribution in [0.25, 0.3) is 0 Å². The van der Waals surface area contributed by atoms with E-state index in [0.29, 0.717) is 12.8 Å². The molecule has 14 N–H and O–H groups in total. The van der Waals surface area contributed by atoms with Crippen molar-refractivity contribution in [1.29, 1.82) is 0 Å². The molecule has 6 atom stereocenters. The summed E-state index contributed by atoms with van der Waals surface area (Å²) >= 11 is 0. The second-order valence-corrected chi connectivity index (χ2v) is 12.6. The van der Waals surface area contributed by atoms with Crippen LogP contribution in [-0.2, 0) is 57.5 Å². The van der Waals surface area contributed by atoms with Gasteiger partial charge in [0.05, 0.1) is 62.2 Å². The Kier molecular flexibility index (Phi) is 53.7. The lowest BCUT2D eigenvalue weighted by molar-refractivity contribution is -0.150. The molecule has 26 heteroatoms. The molecule has 0 aromatic carbocycles. The molecule has 26 nitrogen and oxygen atoms in total. The highest BCUT2D eigenvalue weighted by Crippen LogP contribution is 2.19. The van der Waals surface area contributed by atoms with Crippen molar-refractivity contribution in [2.24, 2.45) is 23.7 Å². The number of carboxylic acid groups (broad SMARTS) is 12. The van der Waals surface area contributed by atoms with E-state index in [4.69, 9.17) is 61.3 Å². The highest BCUT2D eigenvalue weighted by molar-refractivity contribution is 5.82. The second kappa shape index (κ2) is 44.2. The zero-order valence-electron chi connectivity index (χ0n) is 31.3. The smallest absolute Gasteiger partial charge is 0.321 e. The Morgan fingerprint density at radius 2 is 0.492 bits per heavy atom. The Hall–Kier alpha value is -6.44. The molecule has 0 aliphatic carbocycles. The van der Waals surface area contributed by atoms with Crippen LogP contribution in [0.2, 0.25) is 0 Å². The van der Waals surface area contributed by atoms with Crippen LogP contribution in [0.5, 0.6) is 0 Å². The summed E-state index contributed by atoms with van der Waals surface area (Å²) in [5.41, 5.74) is 0. The fourth-order valence-electron chi connectivity index (χ4n) is 4.76. The predicted molar refractivity (Wildman–Crippen MR) is 230 cm³/mol. The van der Waals surface area contributed by atoms with E-state index in [0.717, 1.165) is 0 Å². The Labute approximate surface area is 377 Å². The Balaban J connectivity index is -0.0000000991. The predicted octanol–water partition coefficient (Wildman–Crippen LogP) is 3.24. The van der Waals surface area contributed by atoms with E-state index < -0.39 is 146 Å². The average Bonchev–Trinajstić information content (AvgIpc) is 3.08. The summed E-state index contributed by atoms with van der Waals surface area (Å²) in [6.45, 7) is 0.303. The number of aliphatic carboxylic acids is 12. The Morgan fingerprint density at radius 3 is 0.708 bits per heavy atom. The van der Waals surface area contributed by atoms with Gasteiger partial charge in [0.2, 0.25) is 0 Å². The van der Waals surface area contributed by atoms with Gasteiger partial charge in [-0.15, -0.1) is 0 Å². The number of carbonyl (C=O) groups is 12. The standard InChI is InChI=1S/C12H19NO8.C11H17NO8.C10H14O8.6CH4/c14-9(15)5-7(11(18)19)3-1-2-4-13-8(12(20)21)6-10(16)17;13-8(14)4-6(10(17)18)2-1-3-12-7(11(19)20)5-9(15)16;11-7(12)3-5(9(15)16)1-2-6(10(17)18)4-8(13)14;;;;;;/h7-8,13H,1-6H2,(H,14,15)(H,16,17)(H,18,19)(H,20,21);6-7,12H,1-5H2,(H,13,14)(H,15,16)(H,17,18)(H,19,20);5-6H,1-4H2,(H,11,12)(H,13,14)(H,15,16)(H,17,18);6*1H4. The molecule has 0 aromatic heterocycles. The number of nitrogens with one attached hydrogen (secondary N) is 2. The van der Waals surface area contributed by atoms with Crippen LogP contribution in [0, 0.1) is 23.7 Å². The lowest BCUT2D eigenvalue weighted by Gasteiger charge is -2.13. The van der Waals surface area contributed by atoms with E-state index in [-0.39, 0.29) is 89.8 Å². The van der Waals surface area contributed by atoms with Gasteiger partial charge < -0.3 is 71.9 Å². The molecule has 0 aromatic rings. The molecule has 0 heterocycles. The third-order valence-electron chi connectivity index (χ3n) is 7.79. The molecule has 0 aliphatic heterocycles. The molecule has 0 fully saturated rings. The molecule has 65 heavy (non-hydrogen) atoms. The van der Waals surface area contributed by atoms with E-state index in [1.54, 1.807) is 0 Å². The summed E-state index contributed by atoms with van der Waals surface area (Å²) < 4.78 is 0. The van der Waals surface area contributed by atoms with E-state index in [9.17, 15) is 57.5 Å². The van der Waals surface area contributed by atoms with Crippen LogP contribution in [0.3, 0.4) is 0 Å². The first-order valence-corrected chi connectivity index (χ1v) is 17.4. The van der Waals surface area contributed by atoms with Crippen molar-refractivity contribution >= 4 is 71.6 Å². The maximum Gasteiger partial charge on any atom is 0.321 e. The van der Waals surface area contributed by atoms with Gasteiger partial charge in [-0.05, 0) is 51.6 Å². The molecule has 0 rings (SSSR count). The summed E-state index contributed by atoms with van der Waals surface area (Å²) in [6, 6.07) is -2.45. The van der Waals surface area contributed by atoms with Crippen LogP contribution in [0.4, 0.5) is 0 Å². The normalized spacial score (nSPS) is 12.2. The quantitative estimate of drug-likeness (QED) is 0.0430. The molecule has 6 unspecified atom stereocenters. The van der Waals surface area contributed by atoms with Crippen LogP contribution in [0.1, 0.15) is 128 Å². The van der Waals surface area contributed by atoms with Crippen molar-refractivity contribution in [3.8, 4) is 0 Å². The fraction of sp³-hybridized carbons (Fsp3) is 0.692. The number of carboxylic acids is 12. The average molecular weight is 955 g/mol. The third-order valence-corrected chi connectivity index (χ3v) is 7.79. The largest absolute Gasteiger partial charge is 0.481 e. The highest BCUT2D eigenvalue weighted by Gasteiger charge is 2.27. The number of hydrogen-bond acceptors (Lipinski definition) is 14. The summed E-state index contributed by atoms with van der Waals surface area (Å²) in [5, 5.41) is 109. The topological polar surface area (TPSA) is 472 Å². The van der Waals surface area contributed by atoms with E-state index in [2.05, 4.69) is 10.6 Å². The van der Waals surface area contributed by atoms with Crippen LogP contribution in [0.15, 0.2) is 0 Å². The van der Waals surface area contributed by atoms with Gasteiger partial charge in [0.1, 0.15) is 12.1 Å². The van der Waals surface area contributed by atoms with Gasteiger partial charge in [0.15, 0.2) is 0 Å². The maximum absolute atomic E-state index is 10.8. The van der Waals surface area contributed by atoms with Gasteiger partial charge in [-0.2, -0.15) is 0 Å². The minimum Gasteiger partial charge on any atom is -0.481 e. The first kappa shape index (κ1) is 79.0. The molecular formula is C39H74N2O24. The molecule has 0 saturated heterocycles. The van der Waals surface area contributed by atoms with Crippen LogP contribution < -0.4 is 10.6 Å². The monoisotopic (exact) mass is 954 g/mol. The summed E-state index contributed by atoms with van der Waals surface area (Å²) in [6.07, 6.45) is -2.43. The molecule has 0 radical (unpaired) electrons. The minimum atomic E-state index is -1.34. The van der Waals surface area contributed by atoms with Crippen molar-refractivity contribution < 1.29 is 119 Å². The first-order valence-electron chi connectivity index (χ1n) is 17.4. The lowest BCUT2D eigenvalue weighted by atomic mass is 9.92. The lowest BCUT2D eigenvalue weighted by Crippen LogP contribution is -2.39. The molecule has 0 aliphatic rings. The van der Waals surface area contributed by atoms with E-state index in [1.807, 2.05) is 0 Å². The van der Waals surface area contributed by atoms with Crippen LogP contribution >= 0.6 is 0 Å². The summed E-state index contributed by atoms with van der Waals surface area (Å²) in [4.78, 5) is 127. The fourth-order valence-corrected chi connectivity index (χ4v) is 4.76. The minimum absolute atomic E-state index is 0. The number of hydrogen-bond donors (Lipinski definition) is 14. The molecule has 0 bridgehead atoms. The Bertz CT molecular complexity index is 1360. The van der Waals surface area contributed by atoms with Crippen molar-refractivity contribution in [3.63, 3.8) is 0 Å². The van der Waals surface area contributed by atoms with Gasteiger partial charge in [0, 0.05) is 0 Å². The second-order valence-electron chi connectivity index (χ2n) is 12.6. The zero-order valence-corrected chi connectivity index (χ0v) is 31.3. The van der Waals surface area contributed by atoms with Gasteiger partial charge in [-0.1, -0.05) is 51.0 Å². The third kappa shape index (κ3) is 46.9. The molecule has 0 amide bonds. The van der Waals surface area contributed by atoms with Crippen molar-refractivity contribution in [1.82, 2.24) is 10.6 Å². The van der Waals surface area contributed by atoms with Gasteiger partial charge >= 0.3 is 71.6 Å². The molecule has 384 valence electrons. The van der Waals surface area contributed by atoms with Gasteiger partial charge in [0.25, 0.3) is 0 Å². The van der Waals surface area contributed by atoms with Crippen molar-refractivity contribution in [3.05, 3.63) is 0 Å². The molecule has 0 spiro atoms. The molecular weight excluding hydrogens is 880 g/mol. The first-order chi connectivity index (χ1) is 27.2. The molecule has 0 saturated carbocycles. The number of rotatable bonds is 32. The van der Waals surface area contributed by atoms with Crippen molar-refractivity contribution in [2.45, 2.75) is 140 Å². The SMILES string of the molecule is C.C.C.C.C.C.O=C(O)CC(CCC(CC(=O)O)C(=O)O)C(=O)O.O=C(O)CC(CCCCNC(CC(=O)O)C(=O)O)C(=O)O.O=C(O)CC(CCCNC(CC(=O)O)C(=O)O)C(=O)O. The van der Waals surface area contributed by atoms with E-state index >= 15 is 0 Å². The van der Waals surface area contributed by atoms with Crippen molar-refractivity contribution in [2.75, 3.05) is 13.1 Å². The summed E-state index contributed by atoms with van der Waals surface area (Å²) in [7, 11) is 0. The summed E-state index contributed by atoms with van der Waals surface area (Å²) in [5.74, 6) is -19.6. The van der Waals surface area contributed by atoms with Gasteiger partial charge in [-0.3, -0.25) is 57.5 Å². The van der Waals surface area contributed by atoms with Crippen LogP contribution in [-0.4, -0.2) is 158 Å². The van der Waals surface area contributed by atoms with Gasteiger partial charge in [-0.25, -0.2) is 0 Å². The zero-order chi connectivity index (χ0) is 46.4. The van der Waals surface area contributed by atoms with E-state index in [1.165, 1.54) is 0 Å².